The number of halogens is 1. The van der Waals surface area contributed by atoms with Gasteiger partial charge in [0.15, 0.2) is 0 Å². The molecule has 1 unspecified atom stereocenters. The Hall–Kier alpha value is -3.12. The van der Waals surface area contributed by atoms with Gasteiger partial charge in [-0.15, -0.1) is 0 Å². The van der Waals surface area contributed by atoms with E-state index in [0.717, 1.165) is 22.2 Å². The number of hydrogen-bond acceptors (Lipinski definition) is 3. The predicted molar refractivity (Wildman–Crippen MR) is 116 cm³/mol. The summed E-state index contributed by atoms with van der Waals surface area (Å²) in [5, 5.41) is 8.44. The van der Waals surface area contributed by atoms with Gasteiger partial charge in [-0.3, -0.25) is 9.59 Å². The average Bonchev–Trinajstić information content (AvgIpc) is 3.01. The van der Waals surface area contributed by atoms with E-state index in [-0.39, 0.29) is 17.7 Å². The van der Waals surface area contributed by atoms with Crippen LogP contribution >= 0.6 is 11.6 Å². The summed E-state index contributed by atoms with van der Waals surface area (Å²) in [6.07, 6.45) is 1.62. The lowest BCUT2D eigenvalue weighted by Crippen LogP contribution is -2.48. The fourth-order valence-electron chi connectivity index (χ4n) is 3.06. The van der Waals surface area contributed by atoms with E-state index >= 15 is 0 Å². The molecular formula is C22H23ClN4O2. The molecule has 1 atom stereocenters. The van der Waals surface area contributed by atoms with Crippen LogP contribution in [0.4, 0.5) is 0 Å². The zero-order valence-corrected chi connectivity index (χ0v) is 17.2. The predicted octanol–water partition coefficient (Wildman–Crippen LogP) is 4.03. The Balaban J connectivity index is 1.69. The third-order valence-electron chi connectivity index (χ3n) is 4.65. The van der Waals surface area contributed by atoms with Crippen molar-refractivity contribution in [3.8, 4) is 0 Å². The minimum absolute atomic E-state index is 0.115. The van der Waals surface area contributed by atoms with Crippen molar-refractivity contribution in [2.45, 2.75) is 26.8 Å². The van der Waals surface area contributed by atoms with Gasteiger partial charge < -0.3 is 10.3 Å². The summed E-state index contributed by atoms with van der Waals surface area (Å²) >= 11 is 5.86. The van der Waals surface area contributed by atoms with Crippen LogP contribution in [0, 0.1) is 12.8 Å². The molecule has 3 aromatic rings. The maximum atomic E-state index is 12.6. The molecule has 0 spiro atoms. The summed E-state index contributed by atoms with van der Waals surface area (Å²) < 4.78 is 0. The zero-order valence-electron chi connectivity index (χ0n) is 16.5. The van der Waals surface area contributed by atoms with Crippen LogP contribution in [0.2, 0.25) is 5.02 Å². The molecule has 2 aromatic carbocycles. The van der Waals surface area contributed by atoms with Crippen LogP contribution in [-0.4, -0.2) is 29.1 Å². The minimum Gasteiger partial charge on any atom is -0.358 e. The number of carbonyl (C=O) groups excluding carboxylic acids is 2. The second-order valence-electron chi connectivity index (χ2n) is 7.15. The van der Waals surface area contributed by atoms with Crippen molar-refractivity contribution in [3.63, 3.8) is 0 Å². The maximum absolute atomic E-state index is 12.6. The van der Waals surface area contributed by atoms with Gasteiger partial charge in [0.25, 0.3) is 11.8 Å². The molecule has 1 heterocycles. The van der Waals surface area contributed by atoms with Crippen molar-refractivity contribution in [1.82, 2.24) is 15.7 Å². The number of benzene rings is 2. The van der Waals surface area contributed by atoms with E-state index in [4.69, 9.17) is 11.6 Å². The first kappa shape index (κ1) is 20.6. The fraction of sp³-hybridized carbons (Fsp3) is 0.227. The smallest absolute Gasteiger partial charge is 0.262 e. The van der Waals surface area contributed by atoms with Crippen molar-refractivity contribution in [2.75, 3.05) is 0 Å². The number of hydrazone groups is 1. The lowest BCUT2D eigenvalue weighted by molar-refractivity contribution is -0.123. The highest BCUT2D eigenvalue weighted by molar-refractivity contribution is 6.30. The summed E-state index contributed by atoms with van der Waals surface area (Å²) in [6, 6.07) is 13.7. The highest BCUT2D eigenvalue weighted by Gasteiger charge is 2.24. The summed E-state index contributed by atoms with van der Waals surface area (Å²) in [4.78, 5) is 28.3. The van der Waals surface area contributed by atoms with Gasteiger partial charge in [-0.2, -0.15) is 5.10 Å². The van der Waals surface area contributed by atoms with Crippen LogP contribution in [0.15, 0.2) is 53.6 Å². The molecule has 0 aliphatic carbocycles. The standard InChI is InChI=1S/C22H23ClN4O2/c1-13(2)20(26-21(28)15-8-10-16(23)11-9-15)22(29)27-24-12-18-14(3)25-19-7-5-4-6-17(18)19/h4-13,20,25H,1-3H3,(H,26,28)(H,27,29). The van der Waals surface area contributed by atoms with Crippen LogP contribution in [0.1, 0.15) is 35.5 Å². The molecule has 0 aliphatic heterocycles. The van der Waals surface area contributed by atoms with E-state index in [1.54, 1.807) is 30.5 Å². The summed E-state index contributed by atoms with van der Waals surface area (Å²) in [5.41, 5.74) is 5.85. The molecule has 29 heavy (non-hydrogen) atoms. The Kier molecular flexibility index (Phi) is 6.34. The van der Waals surface area contributed by atoms with Crippen LogP contribution in [0.3, 0.4) is 0 Å². The highest BCUT2D eigenvalue weighted by atomic mass is 35.5. The van der Waals surface area contributed by atoms with Gasteiger partial charge in [0.05, 0.1) is 6.21 Å². The average molecular weight is 411 g/mol. The van der Waals surface area contributed by atoms with Crippen molar-refractivity contribution >= 4 is 40.5 Å². The molecule has 1 aromatic heterocycles. The molecule has 2 amide bonds. The molecule has 3 N–H and O–H groups in total. The molecule has 0 saturated carbocycles. The fourth-order valence-corrected chi connectivity index (χ4v) is 3.18. The lowest BCUT2D eigenvalue weighted by Gasteiger charge is -2.20. The van der Waals surface area contributed by atoms with Crippen molar-refractivity contribution in [1.29, 1.82) is 0 Å². The molecule has 3 rings (SSSR count). The first-order chi connectivity index (χ1) is 13.9. The molecule has 0 aliphatic rings. The van der Waals surface area contributed by atoms with E-state index in [1.165, 1.54) is 0 Å². The molecule has 0 saturated heterocycles. The van der Waals surface area contributed by atoms with Crippen molar-refractivity contribution < 1.29 is 9.59 Å². The van der Waals surface area contributed by atoms with Crippen molar-refractivity contribution in [2.24, 2.45) is 11.0 Å². The Bertz CT molecular complexity index is 1050. The van der Waals surface area contributed by atoms with E-state index < -0.39 is 6.04 Å². The Morgan fingerprint density at radius 3 is 2.48 bits per heavy atom. The van der Waals surface area contributed by atoms with E-state index in [1.807, 2.05) is 45.0 Å². The number of aryl methyl sites for hydroxylation is 1. The summed E-state index contributed by atoms with van der Waals surface area (Å²) in [5.74, 6) is -0.834. The van der Waals surface area contributed by atoms with Gasteiger partial charge in [0.1, 0.15) is 6.04 Å². The number of carbonyl (C=O) groups is 2. The largest absolute Gasteiger partial charge is 0.358 e. The molecule has 6 nitrogen and oxygen atoms in total. The normalized spacial score (nSPS) is 12.4. The van der Waals surface area contributed by atoms with Crippen molar-refractivity contribution in [3.05, 3.63) is 70.4 Å². The second-order valence-corrected chi connectivity index (χ2v) is 7.58. The van der Waals surface area contributed by atoms with Gasteiger partial charge in [0, 0.05) is 32.7 Å². The monoisotopic (exact) mass is 410 g/mol. The number of fused-ring (bicyclic) bond motifs is 1. The number of rotatable bonds is 6. The lowest BCUT2D eigenvalue weighted by atomic mass is 10.0. The first-order valence-electron chi connectivity index (χ1n) is 9.33. The third-order valence-corrected chi connectivity index (χ3v) is 4.91. The zero-order chi connectivity index (χ0) is 21.0. The third kappa shape index (κ3) is 4.84. The Labute approximate surface area is 174 Å². The second kappa shape index (κ2) is 8.92. The number of aromatic nitrogens is 1. The maximum Gasteiger partial charge on any atom is 0.262 e. The highest BCUT2D eigenvalue weighted by Crippen LogP contribution is 2.19. The van der Waals surface area contributed by atoms with Gasteiger partial charge in [-0.25, -0.2) is 5.43 Å². The summed E-state index contributed by atoms with van der Waals surface area (Å²) in [6.45, 7) is 5.67. The molecule has 7 heteroatoms. The van der Waals surface area contributed by atoms with Crippen LogP contribution in [0.5, 0.6) is 0 Å². The number of nitrogens with zero attached hydrogens (tertiary/aromatic N) is 1. The van der Waals surface area contributed by atoms with Crippen LogP contribution < -0.4 is 10.7 Å². The number of aromatic amines is 1. The van der Waals surface area contributed by atoms with Gasteiger partial charge in [0.2, 0.25) is 0 Å². The topological polar surface area (TPSA) is 86.3 Å². The van der Waals surface area contributed by atoms with Gasteiger partial charge >= 0.3 is 0 Å². The number of amides is 2. The van der Waals surface area contributed by atoms with Gasteiger partial charge in [-0.1, -0.05) is 43.6 Å². The molecular weight excluding hydrogens is 388 g/mol. The minimum atomic E-state index is -0.723. The Morgan fingerprint density at radius 1 is 1.10 bits per heavy atom. The van der Waals surface area contributed by atoms with E-state index in [9.17, 15) is 9.59 Å². The number of nitrogens with one attached hydrogen (secondary N) is 3. The summed E-state index contributed by atoms with van der Waals surface area (Å²) in [7, 11) is 0. The SMILES string of the molecule is Cc1[nH]c2ccccc2c1C=NNC(=O)C(NC(=O)c1ccc(Cl)cc1)C(C)C. The molecule has 0 fully saturated rings. The van der Waals surface area contributed by atoms with E-state index in [2.05, 4.69) is 20.8 Å². The first-order valence-corrected chi connectivity index (χ1v) is 9.71. The molecule has 150 valence electrons. The Morgan fingerprint density at radius 2 is 1.79 bits per heavy atom. The number of H-pyrrole nitrogens is 1. The quantitative estimate of drug-likeness (QED) is 0.423. The van der Waals surface area contributed by atoms with Crippen LogP contribution in [0.25, 0.3) is 10.9 Å². The van der Waals surface area contributed by atoms with E-state index in [0.29, 0.717) is 10.6 Å². The molecule has 0 bridgehead atoms. The number of hydrogen-bond donors (Lipinski definition) is 3. The number of para-hydroxylation sites is 1. The van der Waals surface area contributed by atoms with Gasteiger partial charge in [-0.05, 0) is 43.2 Å². The van der Waals surface area contributed by atoms with Crippen LogP contribution in [-0.2, 0) is 4.79 Å². The molecule has 0 radical (unpaired) electrons.